The molecule has 0 aliphatic rings. The Morgan fingerprint density at radius 1 is 1.50 bits per heavy atom. The molecule has 0 radical (unpaired) electrons. The minimum Gasteiger partial charge on any atom is -0.479 e. The van der Waals surface area contributed by atoms with Gasteiger partial charge in [-0.1, -0.05) is 0 Å². The molecule has 0 aliphatic carbocycles. The summed E-state index contributed by atoms with van der Waals surface area (Å²) >= 11 is 0. The van der Waals surface area contributed by atoms with E-state index in [1.165, 1.54) is 0 Å². The van der Waals surface area contributed by atoms with Crippen molar-refractivity contribution >= 4 is 11.9 Å². The lowest BCUT2D eigenvalue weighted by Gasteiger charge is -2.08. The molecule has 14 heavy (non-hydrogen) atoms. The monoisotopic (exact) mass is 205 g/mol. The lowest BCUT2D eigenvalue weighted by Crippen LogP contribution is -2.27. The van der Waals surface area contributed by atoms with Crippen LogP contribution in [0, 0.1) is 0 Å². The molecule has 1 amide bonds. The highest BCUT2D eigenvalue weighted by molar-refractivity contribution is 5.75. The average molecular weight is 205 g/mol. The standard InChI is InChI=1S/C8H15NO5/c1-6(13-2)3-4-7(10)9-14-5-8(11)12/h6H,3-5H2,1-2H3,(H,9,10)(H,11,12). The molecule has 6 nitrogen and oxygen atoms in total. The number of aliphatic carboxylic acids is 1. The SMILES string of the molecule is COC(C)CCC(=O)NOCC(=O)O. The van der Waals surface area contributed by atoms with Crippen molar-refractivity contribution in [3.63, 3.8) is 0 Å². The van der Waals surface area contributed by atoms with Crippen molar-refractivity contribution in [3.05, 3.63) is 0 Å². The van der Waals surface area contributed by atoms with Crippen LogP contribution >= 0.6 is 0 Å². The number of hydrogen-bond acceptors (Lipinski definition) is 4. The molecule has 1 unspecified atom stereocenters. The summed E-state index contributed by atoms with van der Waals surface area (Å²) in [6, 6.07) is 0. The number of hydrogen-bond donors (Lipinski definition) is 2. The van der Waals surface area contributed by atoms with Crippen LogP contribution in [-0.4, -0.2) is 36.8 Å². The molecule has 0 rings (SSSR count). The van der Waals surface area contributed by atoms with Gasteiger partial charge in [0.1, 0.15) is 0 Å². The highest BCUT2D eigenvalue weighted by atomic mass is 16.7. The van der Waals surface area contributed by atoms with Crippen LogP contribution in [0.2, 0.25) is 0 Å². The first-order valence-corrected chi connectivity index (χ1v) is 4.21. The highest BCUT2D eigenvalue weighted by Gasteiger charge is 2.06. The largest absolute Gasteiger partial charge is 0.479 e. The molecule has 1 atom stereocenters. The normalized spacial score (nSPS) is 12.1. The number of rotatable bonds is 7. The van der Waals surface area contributed by atoms with E-state index in [0.717, 1.165) is 0 Å². The lowest BCUT2D eigenvalue weighted by atomic mass is 10.2. The Kier molecular flexibility index (Phi) is 6.69. The zero-order valence-corrected chi connectivity index (χ0v) is 8.28. The van der Waals surface area contributed by atoms with Gasteiger partial charge in [0.15, 0.2) is 6.61 Å². The van der Waals surface area contributed by atoms with Gasteiger partial charge in [-0.3, -0.25) is 9.63 Å². The van der Waals surface area contributed by atoms with Crippen LogP contribution in [0.4, 0.5) is 0 Å². The summed E-state index contributed by atoms with van der Waals surface area (Å²) in [7, 11) is 1.56. The minimum absolute atomic E-state index is 0.000207. The summed E-state index contributed by atoms with van der Waals surface area (Å²) in [6.45, 7) is 1.30. The first-order valence-electron chi connectivity index (χ1n) is 4.21. The van der Waals surface area contributed by atoms with E-state index in [1.54, 1.807) is 7.11 Å². The summed E-state index contributed by atoms with van der Waals surface area (Å²) in [4.78, 5) is 25.3. The third kappa shape index (κ3) is 7.51. The van der Waals surface area contributed by atoms with Crippen molar-refractivity contribution in [1.82, 2.24) is 5.48 Å². The Labute approximate surface area is 82.1 Å². The smallest absolute Gasteiger partial charge is 0.332 e. The van der Waals surface area contributed by atoms with E-state index < -0.39 is 12.6 Å². The molecule has 0 aromatic heterocycles. The second kappa shape index (κ2) is 7.28. The fourth-order valence-electron chi connectivity index (χ4n) is 0.682. The third-order valence-electron chi connectivity index (χ3n) is 1.56. The summed E-state index contributed by atoms with van der Waals surface area (Å²) in [5.41, 5.74) is 2.02. The van der Waals surface area contributed by atoms with Crippen molar-refractivity contribution in [2.24, 2.45) is 0 Å². The summed E-state index contributed by atoms with van der Waals surface area (Å²) in [5.74, 6) is -1.48. The number of carbonyl (C=O) groups excluding carboxylic acids is 1. The van der Waals surface area contributed by atoms with Crippen LogP contribution in [0.15, 0.2) is 0 Å². The van der Waals surface area contributed by atoms with E-state index in [9.17, 15) is 9.59 Å². The van der Waals surface area contributed by atoms with Gasteiger partial charge in [0.2, 0.25) is 5.91 Å². The molecule has 0 aromatic carbocycles. The van der Waals surface area contributed by atoms with Gasteiger partial charge < -0.3 is 9.84 Å². The number of carboxylic acid groups (broad SMARTS) is 1. The zero-order valence-electron chi connectivity index (χ0n) is 8.28. The van der Waals surface area contributed by atoms with Crippen LogP contribution in [0.3, 0.4) is 0 Å². The molecule has 0 aliphatic heterocycles. The van der Waals surface area contributed by atoms with E-state index in [4.69, 9.17) is 9.84 Å². The van der Waals surface area contributed by atoms with Gasteiger partial charge in [-0.05, 0) is 13.3 Å². The molecule has 0 bridgehead atoms. The van der Waals surface area contributed by atoms with Crippen molar-refractivity contribution < 1.29 is 24.3 Å². The maximum absolute atomic E-state index is 11.0. The van der Waals surface area contributed by atoms with Gasteiger partial charge in [-0.2, -0.15) is 0 Å². The predicted octanol–water partition coefficient (Wildman–Crippen LogP) is -0.0661. The molecule has 6 heteroatoms. The van der Waals surface area contributed by atoms with Crippen molar-refractivity contribution in [3.8, 4) is 0 Å². The second-order valence-electron chi connectivity index (χ2n) is 2.79. The number of carbonyl (C=O) groups is 2. The molecule has 0 spiro atoms. The van der Waals surface area contributed by atoms with Crippen LogP contribution < -0.4 is 5.48 Å². The van der Waals surface area contributed by atoms with Crippen LogP contribution in [0.1, 0.15) is 19.8 Å². The fourth-order valence-corrected chi connectivity index (χ4v) is 0.682. The van der Waals surface area contributed by atoms with Gasteiger partial charge in [-0.15, -0.1) is 0 Å². The number of ether oxygens (including phenoxy) is 1. The molecule has 0 fully saturated rings. The number of methoxy groups -OCH3 is 1. The van der Waals surface area contributed by atoms with Crippen molar-refractivity contribution in [2.45, 2.75) is 25.9 Å². The molecular formula is C8H15NO5. The Morgan fingerprint density at radius 3 is 2.64 bits per heavy atom. The quantitative estimate of drug-likeness (QED) is 0.568. The van der Waals surface area contributed by atoms with Crippen molar-refractivity contribution in [1.29, 1.82) is 0 Å². The topological polar surface area (TPSA) is 84.9 Å². The lowest BCUT2D eigenvalue weighted by molar-refractivity contribution is -0.149. The van der Waals surface area contributed by atoms with Gasteiger partial charge in [0.05, 0.1) is 6.10 Å². The fraction of sp³-hybridized carbons (Fsp3) is 0.750. The second-order valence-corrected chi connectivity index (χ2v) is 2.79. The molecule has 0 saturated heterocycles. The first-order chi connectivity index (χ1) is 6.56. The van der Waals surface area contributed by atoms with Crippen LogP contribution in [0.5, 0.6) is 0 Å². The number of amides is 1. The Bertz CT molecular complexity index is 194. The van der Waals surface area contributed by atoms with E-state index in [0.29, 0.717) is 6.42 Å². The Balaban J connectivity index is 3.41. The van der Waals surface area contributed by atoms with Gasteiger partial charge >= 0.3 is 5.97 Å². The van der Waals surface area contributed by atoms with E-state index >= 15 is 0 Å². The van der Waals surface area contributed by atoms with E-state index in [2.05, 4.69) is 4.84 Å². The molecule has 82 valence electrons. The maximum atomic E-state index is 11.0. The number of nitrogens with one attached hydrogen (secondary N) is 1. The van der Waals surface area contributed by atoms with Gasteiger partial charge in [-0.25, -0.2) is 10.3 Å². The third-order valence-corrected chi connectivity index (χ3v) is 1.56. The molecule has 0 aromatic rings. The van der Waals surface area contributed by atoms with Crippen LogP contribution in [-0.2, 0) is 19.2 Å². The summed E-state index contributed by atoms with van der Waals surface area (Å²) < 4.78 is 4.93. The Hall–Kier alpha value is -1.14. The first kappa shape index (κ1) is 12.9. The molecular weight excluding hydrogens is 190 g/mol. The minimum atomic E-state index is -1.13. The van der Waals surface area contributed by atoms with Crippen molar-refractivity contribution in [2.75, 3.05) is 13.7 Å². The predicted molar refractivity (Wildman–Crippen MR) is 47.4 cm³/mol. The van der Waals surface area contributed by atoms with E-state index in [-0.39, 0.29) is 18.4 Å². The zero-order chi connectivity index (χ0) is 11.0. The van der Waals surface area contributed by atoms with Gasteiger partial charge in [0, 0.05) is 13.5 Å². The highest BCUT2D eigenvalue weighted by Crippen LogP contribution is 1.99. The number of carboxylic acids is 1. The molecule has 2 N–H and O–H groups in total. The maximum Gasteiger partial charge on any atom is 0.332 e. The number of hydroxylamine groups is 1. The average Bonchev–Trinajstić information content (AvgIpc) is 2.13. The summed E-state index contributed by atoms with van der Waals surface area (Å²) in [5, 5.41) is 8.19. The summed E-state index contributed by atoms with van der Waals surface area (Å²) in [6.07, 6.45) is 0.813. The van der Waals surface area contributed by atoms with E-state index in [1.807, 2.05) is 12.4 Å². The Morgan fingerprint density at radius 2 is 2.14 bits per heavy atom. The molecule has 0 heterocycles. The van der Waals surface area contributed by atoms with Crippen LogP contribution in [0.25, 0.3) is 0 Å². The molecule has 0 saturated carbocycles. The van der Waals surface area contributed by atoms with Gasteiger partial charge in [0.25, 0.3) is 0 Å².